The topological polar surface area (TPSA) is 52.7 Å². The second-order valence-corrected chi connectivity index (χ2v) is 9.10. The molecule has 2 saturated heterocycles. The van der Waals surface area contributed by atoms with Gasteiger partial charge in [-0.25, -0.2) is 0 Å². The maximum absolute atomic E-state index is 13.7. The van der Waals surface area contributed by atoms with Crippen LogP contribution in [-0.4, -0.2) is 52.8 Å². The van der Waals surface area contributed by atoms with Gasteiger partial charge in [0.15, 0.2) is 0 Å². The number of aryl methyl sites for hydroxylation is 1. The van der Waals surface area contributed by atoms with Crippen molar-refractivity contribution in [2.45, 2.75) is 75.8 Å². The average molecular weight is 384 g/mol. The van der Waals surface area contributed by atoms with Crippen molar-refractivity contribution < 1.29 is 9.59 Å². The highest BCUT2D eigenvalue weighted by Crippen LogP contribution is 2.40. The van der Waals surface area contributed by atoms with Crippen LogP contribution in [0, 0.1) is 6.92 Å². The molecule has 1 aromatic carbocycles. The molecule has 1 spiro atoms. The van der Waals surface area contributed by atoms with Crippen molar-refractivity contribution in [3.05, 3.63) is 29.8 Å². The summed E-state index contributed by atoms with van der Waals surface area (Å²) in [4.78, 5) is 29.7. The molecule has 5 nitrogen and oxygen atoms in total. The minimum Gasteiger partial charge on any atom is -0.371 e. The van der Waals surface area contributed by atoms with Gasteiger partial charge in [-0.3, -0.25) is 9.59 Å². The number of carbonyl (C=O) groups is 2. The molecule has 2 heterocycles. The Labute approximate surface area is 168 Å². The molecular formula is C23H33N3O2. The maximum atomic E-state index is 13.7. The van der Waals surface area contributed by atoms with Crippen LogP contribution < -0.4 is 5.32 Å². The van der Waals surface area contributed by atoms with Crippen LogP contribution in [0.2, 0.25) is 0 Å². The maximum Gasteiger partial charge on any atom is 0.248 e. The smallest absolute Gasteiger partial charge is 0.248 e. The Balaban J connectivity index is 1.49. The number of amides is 2. The molecule has 28 heavy (non-hydrogen) atoms. The summed E-state index contributed by atoms with van der Waals surface area (Å²) in [6.07, 6.45) is 8.61. The number of hydrogen-bond donors (Lipinski definition) is 1. The molecule has 0 atom stereocenters. The molecule has 152 valence electrons. The number of nitrogens with zero attached hydrogens (tertiary/aromatic N) is 2. The Morgan fingerprint density at radius 1 is 0.964 bits per heavy atom. The molecule has 0 unspecified atom stereocenters. The first-order chi connectivity index (χ1) is 13.4. The third-order valence-corrected chi connectivity index (χ3v) is 7.42. The molecule has 2 aliphatic heterocycles. The Bertz CT molecular complexity index is 729. The third kappa shape index (κ3) is 3.40. The van der Waals surface area contributed by atoms with E-state index < -0.39 is 5.54 Å². The summed E-state index contributed by atoms with van der Waals surface area (Å²) in [5, 5.41) is 3.64. The molecule has 1 saturated carbocycles. The van der Waals surface area contributed by atoms with Gasteiger partial charge in [0.25, 0.3) is 0 Å². The molecule has 3 fully saturated rings. The summed E-state index contributed by atoms with van der Waals surface area (Å²) < 4.78 is 0. The lowest BCUT2D eigenvalue weighted by Gasteiger charge is -2.47. The Kier molecular flexibility index (Phi) is 5.11. The molecule has 4 rings (SSSR count). The van der Waals surface area contributed by atoms with E-state index in [-0.39, 0.29) is 17.4 Å². The number of rotatable bonds is 3. The standard InChI is InChI=1S/C23H33N3O2/c1-18-6-8-19(9-7-18)24-23(11-4-3-5-12-23)21(28)26-16-14-22(15-17-26)13-10-20(27)25(22)2/h6-9,24H,3-5,10-17H2,1-2H3. The molecule has 0 bridgehead atoms. The van der Waals surface area contributed by atoms with E-state index in [1.165, 1.54) is 12.0 Å². The van der Waals surface area contributed by atoms with E-state index in [9.17, 15) is 9.59 Å². The van der Waals surface area contributed by atoms with Gasteiger partial charge in [0.1, 0.15) is 5.54 Å². The number of carbonyl (C=O) groups excluding carboxylic acids is 2. The van der Waals surface area contributed by atoms with Crippen molar-refractivity contribution >= 4 is 17.5 Å². The summed E-state index contributed by atoms with van der Waals surface area (Å²) in [5.41, 5.74) is 1.77. The molecule has 1 N–H and O–H groups in total. The minimum absolute atomic E-state index is 0.0159. The fourth-order valence-electron chi connectivity index (χ4n) is 5.41. The summed E-state index contributed by atoms with van der Waals surface area (Å²) in [7, 11) is 1.94. The number of piperidine rings is 1. The highest BCUT2D eigenvalue weighted by molar-refractivity contribution is 5.90. The number of anilines is 1. The normalized spacial score (nSPS) is 23.9. The van der Waals surface area contributed by atoms with Gasteiger partial charge >= 0.3 is 0 Å². The van der Waals surface area contributed by atoms with Gasteiger partial charge in [-0.05, 0) is 51.2 Å². The predicted molar refractivity (Wildman–Crippen MR) is 111 cm³/mol. The molecule has 1 aromatic rings. The molecule has 0 radical (unpaired) electrons. The zero-order valence-electron chi connectivity index (χ0n) is 17.3. The van der Waals surface area contributed by atoms with Crippen LogP contribution in [0.4, 0.5) is 5.69 Å². The van der Waals surface area contributed by atoms with Crippen LogP contribution in [-0.2, 0) is 9.59 Å². The summed E-state index contributed by atoms with van der Waals surface area (Å²) >= 11 is 0. The minimum atomic E-state index is -0.477. The average Bonchev–Trinajstić information content (AvgIpc) is 2.99. The van der Waals surface area contributed by atoms with E-state index in [1.807, 2.05) is 11.9 Å². The quantitative estimate of drug-likeness (QED) is 0.865. The lowest BCUT2D eigenvalue weighted by atomic mass is 9.78. The lowest BCUT2D eigenvalue weighted by Crippen LogP contribution is -2.59. The van der Waals surface area contributed by atoms with Crippen LogP contribution >= 0.6 is 0 Å². The van der Waals surface area contributed by atoms with Gasteiger partial charge in [0.05, 0.1) is 0 Å². The first kappa shape index (κ1) is 19.3. The second-order valence-electron chi connectivity index (χ2n) is 9.10. The summed E-state index contributed by atoms with van der Waals surface area (Å²) in [6, 6.07) is 8.37. The molecule has 3 aliphatic rings. The van der Waals surface area contributed by atoms with Crippen LogP contribution in [0.25, 0.3) is 0 Å². The van der Waals surface area contributed by atoms with Crippen molar-refractivity contribution in [2.24, 2.45) is 0 Å². The van der Waals surface area contributed by atoms with E-state index in [0.717, 1.165) is 63.7 Å². The van der Waals surface area contributed by atoms with E-state index in [2.05, 4.69) is 41.4 Å². The van der Waals surface area contributed by atoms with Crippen LogP contribution in [0.3, 0.4) is 0 Å². The Morgan fingerprint density at radius 3 is 2.18 bits per heavy atom. The van der Waals surface area contributed by atoms with Gasteiger partial charge < -0.3 is 15.1 Å². The van der Waals surface area contributed by atoms with Gasteiger partial charge in [-0.15, -0.1) is 0 Å². The van der Waals surface area contributed by atoms with Crippen molar-refractivity contribution in [2.75, 3.05) is 25.5 Å². The zero-order valence-corrected chi connectivity index (χ0v) is 17.3. The molecule has 0 aromatic heterocycles. The molecular weight excluding hydrogens is 350 g/mol. The Hall–Kier alpha value is -2.04. The second kappa shape index (κ2) is 7.41. The largest absolute Gasteiger partial charge is 0.371 e. The van der Waals surface area contributed by atoms with Crippen molar-refractivity contribution in [1.82, 2.24) is 9.80 Å². The molecule has 1 aliphatic carbocycles. The van der Waals surface area contributed by atoms with Gasteiger partial charge in [0.2, 0.25) is 11.8 Å². The van der Waals surface area contributed by atoms with Crippen LogP contribution in [0.1, 0.15) is 63.4 Å². The van der Waals surface area contributed by atoms with Crippen molar-refractivity contribution in [3.8, 4) is 0 Å². The first-order valence-corrected chi connectivity index (χ1v) is 10.9. The van der Waals surface area contributed by atoms with Gasteiger partial charge in [0, 0.05) is 37.8 Å². The fourth-order valence-corrected chi connectivity index (χ4v) is 5.41. The van der Waals surface area contributed by atoms with Gasteiger partial charge in [-0.1, -0.05) is 37.0 Å². The van der Waals surface area contributed by atoms with Crippen molar-refractivity contribution in [1.29, 1.82) is 0 Å². The van der Waals surface area contributed by atoms with E-state index in [0.29, 0.717) is 6.42 Å². The highest BCUT2D eigenvalue weighted by atomic mass is 16.2. The highest BCUT2D eigenvalue weighted by Gasteiger charge is 2.48. The fraction of sp³-hybridized carbons (Fsp3) is 0.652. The van der Waals surface area contributed by atoms with Crippen LogP contribution in [0.15, 0.2) is 24.3 Å². The molecule has 5 heteroatoms. The van der Waals surface area contributed by atoms with E-state index >= 15 is 0 Å². The predicted octanol–water partition coefficient (Wildman–Crippen LogP) is 3.72. The van der Waals surface area contributed by atoms with E-state index in [4.69, 9.17) is 0 Å². The summed E-state index contributed by atoms with van der Waals surface area (Å²) in [5.74, 6) is 0.513. The summed E-state index contributed by atoms with van der Waals surface area (Å²) in [6.45, 7) is 3.60. The molecule has 2 amide bonds. The third-order valence-electron chi connectivity index (χ3n) is 7.42. The number of benzene rings is 1. The van der Waals surface area contributed by atoms with Crippen molar-refractivity contribution in [3.63, 3.8) is 0 Å². The number of hydrogen-bond acceptors (Lipinski definition) is 3. The SMILES string of the molecule is Cc1ccc(NC2(C(=O)N3CCC4(CCC(=O)N4C)CC3)CCCCC2)cc1. The van der Waals surface area contributed by atoms with Crippen LogP contribution in [0.5, 0.6) is 0 Å². The first-order valence-electron chi connectivity index (χ1n) is 10.9. The number of likely N-dealkylation sites (tertiary alicyclic amines) is 2. The lowest BCUT2D eigenvalue weighted by molar-refractivity contribution is -0.140. The zero-order chi connectivity index (χ0) is 19.8. The monoisotopic (exact) mass is 383 g/mol. The van der Waals surface area contributed by atoms with E-state index in [1.54, 1.807) is 0 Å². The van der Waals surface area contributed by atoms with Gasteiger partial charge in [-0.2, -0.15) is 0 Å². The Morgan fingerprint density at radius 2 is 1.61 bits per heavy atom. The number of nitrogens with one attached hydrogen (secondary N) is 1.